The quantitative estimate of drug-likeness (QED) is 0.861. The molecule has 88 valence electrons. The lowest BCUT2D eigenvalue weighted by Gasteiger charge is -2.14. The fourth-order valence-corrected chi connectivity index (χ4v) is 1.62. The Kier molecular flexibility index (Phi) is 3.30. The van der Waals surface area contributed by atoms with Gasteiger partial charge in [-0.15, -0.1) is 0 Å². The highest BCUT2D eigenvalue weighted by Gasteiger charge is 2.19. The molecular formula is C12H13N3O2. The van der Waals surface area contributed by atoms with Gasteiger partial charge in [0.2, 0.25) is 5.88 Å². The number of hydrogen-bond donors (Lipinski definition) is 1. The van der Waals surface area contributed by atoms with E-state index >= 15 is 0 Å². The maximum Gasteiger partial charge on any atom is 0.238 e. The van der Waals surface area contributed by atoms with Crippen molar-refractivity contribution in [3.05, 3.63) is 47.7 Å². The van der Waals surface area contributed by atoms with E-state index in [2.05, 4.69) is 15.0 Å². The van der Waals surface area contributed by atoms with Crippen LogP contribution in [-0.2, 0) is 0 Å². The summed E-state index contributed by atoms with van der Waals surface area (Å²) in [5.74, 6) is 0.330. The molecule has 1 N–H and O–H groups in total. The van der Waals surface area contributed by atoms with Crippen LogP contribution in [0.1, 0.15) is 22.9 Å². The van der Waals surface area contributed by atoms with E-state index in [1.807, 2.05) is 6.92 Å². The van der Waals surface area contributed by atoms with Gasteiger partial charge in [-0.3, -0.25) is 9.97 Å². The highest BCUT2D eigenvalue weighted by molar-refractivity contribution is 5.33. The molecule has 0 aliphatic carbocycles. The highest BCUT2D eigenvalue weighted by atomic mass is 16.5. The lowest BCUT2D eigenvalue weighted by atomic mass is 10.0. The molecule has 0 aliphatic rings. The number of nitrogens with zero attached hydrogens (tertiary/aromatic N) is 3. The summed E-state index contributed by atoms with van der Waals surface area (Å²) < 4.78 is 5.08. The summed E-state index contributed by atoms with van der Waals surface area (Å²) in [5.41, 5.74) is 2.05. The van der Waals surface area contributed by atoms with Gasteiger partial charge in [-0.2, -0.15) is 0 Å². The molecule has 2 heterocycles. The molecule has 0 saturated carbocycles. The average molecular weight is 231 g/mol. The fraction of sp³-hybridized carbons (Fsp3) is 0.250. The zero-order valence-corrected chi connectivity index (χ0v) is 9.66. The van der Waals surface area contributed by atoms with Crippen LogP contribution in [0.4, 0.5) is 0 Å². The van der Waals surface area contributed by atoms with Crippen LogP contribution in [0.25, 0.3) is 0 Å². The first-order valence-electron chi connectivity index (χ1n) is 5.17. The Morgan fingerprint density at radius 1 is 1.24 bits per heavy atom. The van der Waals surface area contributed by atoms with Crippen molar-refractivity contribution in [1.29, 1.82) is 0 Å². The maximum atomic E-state index is 10.3. The summed E-state index contributed by atoms with van der Waals surface area (Å²) in [6.07, 6.45) is 5.52. The van der Waals surface area contributed by atoms with Gasteiger partial charge in [0, 0.05) is 24.8 Å². The molecule has 1 atom stereocenters. The van der Waals surface area contributed by atoms with E-state index in [1.165, 1.54) is 19.5 Å². The van der Waals surface area contributed by atoms with Crippen molar-refractivity contribution < 1.29 is 9.84 Å². The molecule has 2 aromatic rings. The summed E-state index contributed by atoms with van der Waals surface area (Å²) in [7, 11) is 1.50. The van der Waals surface area contributed by atoms with Gasteiger partial charge in [-0.05, 0) is 24.1 Å². The van der Waals surface area contributed by atoms with E-state index in [-0.39, 0.29) is 0 Å². The number of ether oxygens (including phenoxy) is 1. The van der Waals surface area contributed by atoms with Crippen LogP contribution >= 0.6 is 0 Å². The molecule has 0 fully saturated rings. The third kappa shape index (κ3) is 2.24. The van der Waals surface area contributed by atoms with Crippen LogP contribution in [0.5, 0.6) is 5.88 Å². The Morgan fingerprint density at radius 3 is 2.71 bits per heavy atom. The van der Waals surface area contributed by atoms with E-state index in [0.29, 0.717) is 11.6 Å². The normalized spacial score (nSPS) is 12.2. The van der Waals surface area contributed by atoms with E-state index in [4.69, 9.17) is 4.74 Å². The first-order chi connectivity index (χ1) is 8.24. The monoisotopic (exact) mass is 231 g/mol. The molecular weight excluding hydrogens is 218 g/mol. The summed E-state index contributed by atoms with van der Waals surface area (Å²) >= 11 is 0. The van der Waals surface area contributed by atoms with E-state index < -0.39 is 6.10 Å². The lowest BCUT2D eigenvalue weighted by molar-refractivity contribution is 0.207. The Hall–Kier alpha value is -2.01. The second-order valence-electron chi connectivity index (χ2n) is 3.59. The van der Waals surface area contributed by atoms with E-state index in [0.717, 1.165) is 11.1 Å². The maximum absolute atomic E-state index is 10.3. The molecule has 2 rings (SSSR count). The van der Waals surface area contributed by atoms with Crippen LogP contribution in [0.3, 0.4) is 0 Å². The second kappa shape index (κ2) is 4.88. The van der Waals surface area contributed by atoms with Crippen LogP contribution < -0.4 is 4.74 Å². The summed E-state index contributed by atoms with van der Waals surface area (Å²) in [6, 6.07) is 1.76. The predicted molar refractivity (Wildman–Crippen MR) is 61.6 cm³/mol. The zero-order valence-electron chi connectivity index (χ0n) is 9.66. The van der Waals surface area contributed by atoms with Crippen molar-refractivity contribution in [2.24, 2.45) is 0 Å². The standard InChI is InChI=1S/C12H13N3O2/c1-8-7-13-4-3-9(8)11(16)10-12(17-2)15-6-5-14-10/h3-7,11,16H,1-2H3. The molecule has 2 aromatic heterocycles. The smallest absolute Gasteiger partial charge is 0.238 e. The Balaban J connectivity index is 2.44. The minimum absolute atomic E-state index is 0.330. The first-order valence-corrected chi connectivity index (χ1v) is 5.17. The number of rotatable bonds is 3. The van der Waals surface area contributed by atoms with Gasteiger partial charge in [0.15, 0.2) is 0 Å². The van der Waals surface area contributed by atoms with Crippen molar-refractivity contribution in [2.75, 3.05) is 7.11 Å². The SMILES string of the molecule is COc1nccnc1C(O)c1ccncc1C. The largest absolute Gasteiger partial charge is 0.480 e. The number of methoxy groups -OCH3 is 1. The van der Waals surface area contributed by atoms with Crippen LogP contribution in [0.15, 0.2) is 30.9 Å². The zero-order chi connectivity index (χ0) is 12.3. The van der Waals surface area contributed by atoms with Gasteiger partial charge in [-0.25, -0.2) is 4.98 Å². The van der Waals surface area contributed by atoms with Crippen molar-refractivity contribution in [3.63, 3.8) is 0 Å². The van der Waals surface area contributed by atoms with Crippen molar-refractivity contribution in [1.82, 2.24) is 15.0 Å². The molecule has 5 heteroatoms. The number of pyridine rings is 1. The highest BCUT2D eigenvalue weighted by Crippen LogP contribution is 2.27. The Labute approximate surface area is 99.2 Å². The number of aryl methyl sites for hydroxylation is 1. The lowest BCUT2D eigenvalue weighted by Crippen LogP contribution is -2.07. The van der Waals surface area contributed by atoms with Gasteiger partial charge in [0.1, 0.15) is 11.8 Å². The number of aromatic nitrogens is 3. The first kappa shape index (κ1) is 11.5. The molecule has 0 amide bonds. The number of hydrogen-bond acceptors (Lipinski definition) is 5. The third-order valence-corrected chi connectivity index (χ3v) is 2.50. The molecule has 0 bridgehead atoms. The van der Waals surface area contributed by atoms with Crippen molar-refractivity contribution in [2.45, 2.75) is 13.0 Å². The van der Waals surface area contributed by atoms with Gasteiger partial charge < -0.3 is 9.84 Å². The van der Waals surface area contributed by atoms with E-state index in [9.17, 15) is 5.11 Å². The molecule has 17 heavy (non-hydrogen) atoms. The summed E-state index contributed by atoms with van der Waals surface area (Å²) in [6.45, 7) is 1.88. The Bertz CT molecular complexity index is 517. The van der Waals surface area contributed by atoms with Gasteiger partial charge in [0.05, 0.1) is 7.11 Å². The molecule has 0 spiro atoms. The average Bonchev–Trinajstić information content (AvgIpc) is 2.38. The van der Waals surface area contributed by atoms with Crippen molar-refractivity contribution in [3.8, 4) is 5.88 Å². The number of aliphatic hydroxyl groups excluding tert-OH is 1. The molecule has 0 radical (unpaired) electrons. The summed E-state index contributed by atoms with van der Waals surface area (Å²) in [5, 5.41) is 10.3. The predicted octanol–water partition coefficient (Wildman–Crippen LogP) is 1.27. The van der Waals surface area contributed by atoms with Crippen LogP contribution in [0.2, 0.25) is 0 Å². The topological polar surface area (TPSA) is 68.1 Å². The molecule has 0 aliphatic heterocycles. The van der Waals surface area contributed by atoms with Gasteiger partial charge >= 0.3 is 0 Å². The Morgan fingerprint density at radius 2 is 2.00 bits per heavy atom. The van der Waals surface area contributed by atoms with E-state index in [1.54, 1.807) is 18.5 Å². The third-order valence-electron chi connectivity index (χ3n) is 2.50. The molecule has 0 saturated heterocycles. The minimum atomic E-state index is -0.860. The van der Waals surface area contributed by atoms with Crippen LogP contribution in [0, 0.1) is 6.92 Å². The van der Waals surface area contributed by atoms with Crippen LogP contribution in [-0.4, -0.2) is 27.2 Å². The molecule has 1 unspecified atom stereocenters. The fourth-order valence-electron chi connectivity index (χ4n) is 1.62. The van der Waals surface area contributed by atoms with Gasteiger partial charge in [-0.1, -0.05) is 0 Å². The second-order valence-corrected chi connectivity index (χ2v) is 3.59. The molecule has 0 aromatic carbocycles. The number of aliphatic hydroxyl groups is 1. The van der Waals surface area contributed by atoms with Crippen molar-refractivity contribution >= 4 is 0 Å². The summed E-state index contributed by atoms with van der Waals surface area (Å²) in [4.78, 5) is 12.1. The minimum Gasteiger partial charge on any atom is -0.480 e. The molecule has 5 nitrogen and oxygen atoms in total. The van der Waals surface area contributed by atoms with Gasteiger partial charge in [0.25, 0.3) is 0 Å².